The number of benzene rings is 2. The lowest BCUT2D eigenvalue weighted by atomic mass is 10.1. The van der Waals surface area contributed by atoms with Gasteiger partial charge in [-0.2, -0.15) is 0 Å². The summed E-state index contributed by atoms with van der Waals surface area (Å²) in [6.45, 7) is 0. The summed E-state index contributed by atoms with van der Waals surface area (Å²) in [7, 11) is 0. The third kappa shape index (κ3) is 3.20. The van der Waals surface area contributed by atoms with Gasteiger partial charge in [-0.15, -0.1) is 45.3 Å². The molecule has 8 heteroatoms. The van der Waals surface area contributed by atoms with Crippen molar-refractivity contribution >= 4 is 113 Å². The molecule has 6 aromatic rings. The fourth-order valence-corrected chi connectivity index (χ4v) is 13.6. The van der Waals surface area contributed by atoms with Gasteiger partial charge in [0.15, 0.2) is 0 Å². The molecule has 2 aromatic carbocycles. The van der Waals surface area contributed by atoms with Crippen molar-refractivity contribution in [3.8, 4) is 20.9 Å². The predicted molar refractivity (Wildman–Crippen MR) is 161 cm³/mol. The zero-order valence-corrected chi connectivity index (χ0v) is 23.7. The van der Waals surface area contributed by atoms with Crippen LogP contribution < -0.4 is 0 Å². The molecule has 4 aromatic heterocycles. The first kappa shape index (κ1) is 21.0. The van der Waals surface area contributed by atoms with Gasteiger partial charge in [0.1, 0.15) is 0 Å². The van der Waals surface area contributed by atoms with Gasteiger partial charge >= 0.3 is 0 Å². The van der Waals surface area contributed by atoms with Crippen molar-refractivity contribution in [2.24, 2.45) is 0 Å². The van der Waals surface area contributed by atoms with E-state index in [0.29, 0.717) is 0 Å². The number of hydrogen-bond acceptors (Lipinski definition) is 8. The van der Waals surface area contributed by atoms with Crippen LogP contribution in [-0.2, 0) is 0 Å². The molecule has 34 heavy (non-hydrogen) atoms. The third-order valence-electron chi connectivity index (χ3n) is 5.85. The van der Waals surface area contributed by atoms with Crippen LogP contribution in [0.1, 0.15) is 0 Å². The quantitative estimate of drug-likeness (QED) is 0.200. The van der Waals surface area contributed by atoms with Crippen molar-refractivity contribution < 1.29 is 0 Å². The monoisotopic (exact) mass is 580 g/mol. The number of thioether (sulfide) groups is 4. The summed E-state index contributed by atoms with van der Waals surface area (Å²) < 4.78 is 5.63. The van der Waals surface area contributed by atoms with E-state index in [1.165, 1.54) is 69.1 Å². The van der Waals surface area contributed by atoms with Crippen LogP contribution in [0, 0.1) is 0 Å². The second kappa shape index (κ2) is 8.21. The molecule has 0 fully saturated rings. The summed E-state index contributed by atoms with van der Waals surface area (Å²) in [5.41, 5.74) is 2.84. The van der Waals surface area contributed by atoms with E-state index in [1.807, 2.05) is 92.4 Å². The summed E-state index contributed by atoms with van der Waals surface area (Å²) in [6, 6.07) is 18.3. The normalized spacial score (nSPS) is 17.2. The summed E-state index contributed by atoms with van der Waals surface area (Å²) in [5.74, 6) is 0. The van der Waals surface area contributed by atoms with E-state index < -0.39 is 0 Å². The van der Waals surface area contributed by atoms with E-state index in [4.69, 9.17) is 0 Å². The molecule has 6 heterocycles. The lowest BCUT2D eigenvalue weighted by Crippen LogP contribution is -1.80. The average molecular weight is 581 g/mol. The van der Waals surface area contributed by atoms with Crippen LogP contribution in [0.3, 0.4) is 0 Å². The largest absolute Gasteiger partial charge is 0.144 e. The van der Waals surface area contributed by atoms with Crippen molar-refractivity contribution in [3.63, 3.8) is 0 Å². The number of thiophene rings is 4. The van der Waals surface area contributed by atoms with Gasteiger partial charge in [-0.05, 0) is 57.9 Å². The Morgan fingerprint density at radius 1 is 0.471 bits per heavy atom. The van der Waals surface area contributed by atoms with E-state index in [1.54, 1.807) is 0 Å². The Morgan fingerprint density at radius 3 is 1.41 bits per heavy atom. The molecule has 0 saturated carbocycles. The zero-order chi connectivity index (χ0) is 22.2. The second-order valence-corrected chi connectivity index (χ2v) is 16.2. The Labute approximate surface area is 229 Å². The Bertz CT molecular complexity index is 1620. The Hall–Kier alpha value is -1.10. The molecule has 2 aliphatic rings. The first-order valence-electron chi connectivity index (χ1n) is 10.5. The number of hydrogen-bond donors (Lipinski definition) is 0. The molecular weight excluding hydrogens is 569 g/mol. The first-order valence-corrected chi connectivity index (χ1v) is 17.2. The van der Waals surface area contributed by atoms with Crippen LogP contribution in [-0.4, -0.2) is 0 Å². The highest BCUT2D eigenvalue weighted by molar-refractivity contribution is 8.30. The maximum Gasteiger partial charge on any atom is 0.0706 e. The summed E-state index contributed by atoms with van der Waals surface area (Å²) in [4.78, 5) is 8.41. The predicted octanol–water partition coefficient (Wildman–Crippen LogP) is 11.8. The molecule has 0 amide bonds. The fraction of sp³-hybridized carbons (Fsp3) is 0. The molecule has 0 N–H and O–H groups in total. The summed E-state index contributed by atoms with van der Waals surface area (Å²) >= 11 is 15.3. The van der Waals surface area contributed by atoms with Crippen LogP contribution >= 0.6 is 92.4 Å². The van der Waals surface area contributed by atoms with Gasteiger partial charge in [-0.1, -0.05) is 59.2 Å². The number of rotatable bonds is 2. The molecule has 0 saturated heterocycles. The van der Waals surface area contributed by atoms with Gasteiger partial charge in [-0.3, -0.25) is 0 Å². The molecule has 0 bridgehead atoms. The highest BCUT2D eigenvalue weighted by atomic mass is 32.2. The van der Waals surface area contributed by atoms with Crippen LogP contribution in [0.5, 0.6) is 0 Å². The van der Waals surface area contributed by atoms with Gasteiger partial charge in [0, 0.05) is 60.6 Å². The molecule has 0 spiro atoms. The van der Waals surface area contributed by atoms with Gasteiger partial charge in [-0.25, -0.2) is 0 Å². The lowest BCUT2D eigenvalue weighted by molar-refractivity contribution is 1.31. The van der Waals surface area contributed by atoms with Crippen LogP contribution in [0.25, 0.3) is 41.1 Å². The minimum atomic E-state index is 1.37. The van der Waals surface area contributed by atoms with E-state index in [0.717, 1.165) is 0 Å². The standard InChI is InChI=1S/C26H12S8/c1-3-15(27-7-1)21-13-5-9-29-17(13)11-19-23(21)33-25(31-19)26-32-20-12-18-14(6-10-30-18)22(24(20)34-26)16-4-2-8-28-16/h1-12H/b26-25+. The Balaban J connectivity index is 1.27. The topological polar surface area (TPSA) is 0 Å². The fourth-order valence-electron chi connectivity index (χ4n) is 4.42. The van der Waals surface area contributed by atoms with Gasteiger partial charge in [0.05, 0.1) is 8.47 Å². The van der Waals surface area contributed by atoms with E-state index >= 15 is 0 Å². The molecular formula is C26H12S8. The second-order valence-electron chi connectivity index (χ2n) is 7.76. The molecule has 0 aliphatic carbocycles. The SMILES string of the molecule is c1csc(-c2c3c(cc4sccc24)S/C(=C2/Sc4cc5sccc5c(-c5cccs5)c4S2)S3)c1. The van der Waals surface area contributed by atoms with Crippen molar-refractivity contribution in [1.29, 1.82) is 0 Å². The summed E-state index contributed by atoms with van der Waals surface area (Å²) in [5, 5.41) is 11.6. The van der Waals surface area contributed by atoms with Crippen molar-refractivity contribution in [2.45, 2.75) is 19.6 Å². The first-order chi connectivity index (χ1) is 16.8. The lowest BCUT2D eigenvalue weighted by Gasteiger charge is -2.07. The van der Waals surface area contributed by atoms with Gasteiger partial charge < -0.3 is 0 Å². The molecule has 0 atom stereocenters. The van der Waals surface area contributed by atoms with Gasteiger partial charge in [0.2, 0.25) is 0 Å². The minimum Gasteiger partial charge on any atom is -0.144 e. The van der Waals surface area contributed by atoms with Crippen molar-refractivity contribution in [2.75, 3.05) is 0 Å². The van der Waals surface area contributed by atoms with E-state index in [2.05, 4.69) is 70.1 Å². The van der Waals surface area contributed by atoms with Crippen LogP contribution in [0.4, 0.5) is 0 Å². The third-order valence-corrected chi connectivity index (χ3v) is 15.0. The molecule has 0 nitrogen and oxygen atoms in total. The Morgan fingerprint density at radius 2 is 0.971 bits per heavy atom. The maximum atomic E-state index is 2.40. The molecule has 164 valence electrons. The van der Waals surface area contributed by atoms with E-state index in [9.17, 15) is 0 Å². The molecule has 0 unspecified atom stereocenters. The molecule has 2 aliphatic heterocycles. The number of fused-ring (bicyclic) bond motifs is 4. The molecule has 0 radical (unpaired) electrons. The smallest absolute Gasteiger partial charge is 0.0706 e. The van der Waals surface area contributed by atoms with Crippen molar-refractivity contribution in [3.05, 3.63) is 78.5 Å². The zero-order valence-electron chi connectivity index (χ0n) is 17.2. The minimum absolute atomic E-state index is 1.37. The van der Waals surface area contributed by atoms with E-state index in [-0.39, 0.29) is 0 Å². The van der Waals surface area contributed by atoms with Crippen LogP contribution in [0.2, 0.25) is 0 Å². The summed E-state index contributed by atoms with van der Waals surface area (Å²) in [6.07, 6.45) is 0. The molecule has 8 rings (SSSR count). The Kier molecular flexibility index (Phi) is 5.08. The van der Waals surface area contributed by atoms with Crippen LogP contribution in [0.15, 0.2) is 98.1 Å². The van der Waals surface area contributed by atoms with Crippen molar-refractivity contribution in [1.82, 2.24) is 0 Å². The highest BCUT2D eigenvalue weighted by Gasteiger charge is 2.32. The van der Waals surface area contributed by atoms with Gasteiger partial charge in [0.25, 0.3) is 0 Å². The maximum absolute atomic E-state index is 2.40. The average Bonchev–Trinajstić information content (AvgIpc) is 3.68. The highest BCUT2D eigenvalue weighted by Crippen LogP contribution is 2.65.